The highest BCUT2D eigenvalue weighted by molar-refractivity contribution is 7.88. The summed E-state index contributed by atoms with van der Waals surface area (Å²) in [4.78, 5) is 26.3. The molecule has 0 bridgehead atoms. The van der Waals surface area contributed by atoms with Gasteiger partial charge in [-0.1, -0.05) is 18.6 Å². The first-order chi connectivity index (χ1) is 13.3. The van der Waals surface area contributed by atoms with Crippen molar-refractivity contribution in [1.82, 2.24) is 19.9 Å². The van der Waals surface area contributed by atoms with Gasteiger partial charge in [0.05, 0.1) is 5.75 Å². The molecular weight excluding hydrogens is 384 g/mol. The predicted molar refractivity (Wildman–Crippen MR) is 102 cm³/mol. The standard InChI is InChI=1S/C17H22N6O4S/c1-23-8-3-2-7-14(23)15(24)27-17-20-11-19-16(22-17)21-13-6-4-5-12(9-13)10-28(18,25)26/h4-6,9,11,14H,2-3,7-8,10H2,1H3,(H2,18,25,26)(H,19,20,21,22)/t14-/m1/s1. The molecule has 1 fully saturated rings. The molecule has 1 aliphatic heterocycles. The molecule has 1 aromatic carbocycles. The highest BCUT2D eigenvalue weighted by atomic mass is 32.2. The number of ether oxygens (including phenoxy) is 1. The number of rotatable bonds is 6. The number of nitrogens with one attached hydrogen (secondary N) is 1. The Kier molecular flexibility index (Phi) is 6.17. The Balaban J connectivity index is 1.68. The van der Waals surface area contributed by atoms with Gasteiger partial charge in [-0.05, 0) is 44.1 Å². The molecule has 2 aromatic rings. The number of likely N-dealkylation sites (N-methyl/N-ethyl adjacent to an activating group) is 1. The molecule has 0 unspecified atom stereocenters. The van der Waals surface area contributed by atoms with E-state index >= 15 is 0 Å². The number of likely N-dealkylation sites (tertiary alicyclic amines) is 1. The maximum absolute atomic E-state index is 12.4. The van der Waals surface area contributed by atoms with E-state index in [1.54, 1.807) is 24.3 Å². The Morgan fingerprint density at radius 3 is 2.93 bits per heavy atom. The number of anilines is 2. The molecule has 1 aromatic heterocycles. The summed E-state index contributed by atoms with van der Waals surface area (Å²) in [6.45, 7) is 0.846. The van der Waals surface area contributed by atoms with E-state index in [-0.39, 0.29) is 23.8 Å². The lowest BCUT2D eigenvalue weighted by Crippen LogP contribution is -2.44. The maximum Gasteiger partial charge on any atom is 0.331 e. The van der Waals surface area contributed by atoms with Gasteiger partial charge in [0, 0.05) is 5.69 Å². The highest BCUT2D eigenvalue weighted by Crippen LogP contribution is 2.19. The zero-order valence-electron chi connectivity index (χ0n) is 15.4. The molecule has 1 saturated heterocycles. The molecule has 11 heteroatoms. The highest BCUT2D eigenvalue weighted by Gasteiger charge is 2.28. The minimum absolute atomic E-state index is 0.0952. The summed E-state index contributed by atoms with van der Waals surface area (Å²) in [6.07, 6.45) is 4.01. The van der Waals surface area contributed by atoms with Gasteiger partial charge in [0.2, 0.25) is 16.0 Å². The number of nitrogens with zero attached hydrogens (tertiary/aromatic N) is 4. The number of nitrogens with two attached hydrogens (primary N) is 1. The summed E-state index contributed by atoms with van der Waals surface area (Å²) in [5.74, 6) is -0.505. The third kappa shape index (κ3) is 5.68. The minimum atomic E-state index is -3.63. The van der Waals surface area contributed by atoms with Gasteiger partial charge in [-0.3, -0.25) is 4.90 Å². The predicted octanol–water partition coefficient (Wildman–Crippen LogP) is 0.793. The lowest BCUT2D eigenvalue weighted by atomic mass is 10.0. The van der Waals surface area contributed by atoms with Crippen LogP contribution in [0.25, 0.3) is 0 Å². The van der Waals surface area contributed by atoms with Crippen LogP contribution in [0.15, 0.2) is 30.6 Å². The summed E-state index contributed by atoms with van der Waals surface area (Å²) in [5, 5.41) is 8.01. The van der Waals surface area contributed by atoms with Crippen LogP contribution in [0.3, 0.4) is 0 Å². The van der Waals surface area contributed by atoms with Crippen LogP contribution in [0.2, 0.25) is 0 Å². The van der Waals surface area contributed by atoms with Gasteiger partial charge in [0.15, 0.2) is 0 Å². The number of hydrogen-bond acceptors (Lipinski definition) is 9. The zero-order valence-corrected chi connectivity index (χ0v) is 16.2. The first-order valence-electron chi connectivity index (χ1n) is 8.77. The molecule has 1 aliphatic rings. The van der Waals surface area contributed by atoms with Crippen molar-refractivity contribution >= 4 is 27.6 Å². The zero-order chi connectivity index (χ0) is 20.1. The smallest absolute Gasteiger partial charge is 0.331 e. The van der Waals surface area contributed by atoms with Crippen molar-refractivity contribution in [3.05, 3.63) is 36.2 Å². The first kappa shape index (κ1) is 20.1. The van der Waals surface area contributed by atoms with Crippen LogP contribution in [0.4, 0.5) is 11.6 Å². The van der Waals surface area contributed by atoms with Crippen molar-refractivity contribution in [3.63, 3.8) is 0 Å². The second-order valence-corrected chi connectivity index (χ2v) is 8.25. The summed E-state index contributed by atoms with van der Waals surface area (Å²) in [7, 11) is -1.74. The molecular formula is C17H22N6O4S. The van der Waals surface area contributed by atoms with E-state index in [9.17, 15) is 13.2 Å². The molecule has 0 spiro atoms. The molecule has 3 rings (SSSR count). The third-order valence-corrected chi connectivity index (χ3v) is 5.07. The average Bonchev–Trinajstić information content (AvgIpc) is 2.61. The molecule has 28 heavy (non-hydrogen) atoms. The Morgan fingerprint density at radius 2 is 2.18 bits per heavy atom. The number of carbonyl (C=O) groups is 1. The Labute approximate surface area is 163 Å². The van der Waals surface area contributed by atoms with Gasteiger partial charge in [-0.15, -0.1) is 0 Å². The topological polar surface area (TPSA) is 140 Å². The summed E-state index contributed by atoms with van der Waals surface area (Å²) in [6, 6.07) is 6.27. The van der Waals surface area contributed by atoms with E-state index in [4.69, 9.17) is 9.88 Å². The Hall–Kier alpha value is -2.63. The second kappa shape index (κ2) is 8.59. The fraction of sp³-hybridized carbons (Fsp3) is 0.412. The van der Waals surface area contributed by atoms with Crippen LogP contribution >= 0.6 is 0 Å². The third-order valence-electron chi connectivity index (χ3n) is 4.34. The van der Waals surface area contributed by atoms with E-state index in [1.165, 1.54) is 6.33 Å². The van der Waals surface area contributed by atoms with Crippen LogP contribution < -0.4 is 15.2 Å². The van der Waals surface area contributed by atoms with Gasteiger partial charge >= 0.3 is 12.0 Å². The van der Waals surface area contributed by atoms with Crippen molar-refractivity contribution in [2.24, 2.45) is 5.14 Å². The van der Waals surface area contributed by atoms with Crippen LogP contribution in [-0.2, 0) is 20.6 Å². The quantitative estimate of drug-likeness (QED) is 0.666. The first-order valence-corrected chi connectivity index (χ1v) is 10.5. The summed E-state index contributed by atoms with van der Waals surface area (Å²) < 4.78 is 27.8. The van der Waals surface area contributed by atoms with Crippen molar-refractivity contribution in [3.8, 4) is 6.01 Å². The van der Waals surface area contributed by atoms with Gasteiger partial charge in [0.1, 0.15) is 12.4 Å². The summed E-state index contributed by atoms with van der Waals surface area (Å²) >= 11 is 0. The fourth-order valence-corrected chi connectivity index (χ4v) is 3.67. The van der Waals surface area contributed by atoms with E-state index in [0.29, 0.717) is 11.3 Å². The summed E-state index contributed by atoms with van der Waals surface area (Å²) in [5.41, 5.74) is 1.09. The number of esters is 1. The number of primary sulfonamides is 1. The van der Waals surface area contributed by atoms with Crippen molar-refractivity contribution < 1.29 is 17.9 Å². The van der Waals surface area contributed by atoms with Gasteiger partial charge < -0.3 is 10.1 Å². The molecule has 0 aliphatic carbocycles. The molecule has 150 valence electrons. The van der Waals surface area contributed by atoms with Crippen LogP contribution in [0.1, 0.15) is 24.8 Å². The van der Waals surface area contributed by atoms with Crippen molar-refractivity contribution in [2.45, 2.75) is 31.1 Å². The largest absolute Gasteiger partial charge is 0.390 e. The normalized spacial score (nSPS) is 17.9. The monoisotopic (exact) mass is 406 g/mol. The molecule has 3 N–H and O–H groups in total. The molecule has 0 saturated carbocycles. The minimum Gasteiger partial charge on any atom is -0.390 e. The van der Waals surface area contributed by atoms with E-state index in [1.807, 2.05) is 11.9 Å². The second-order valence-electron chi connectivity index (χ2n) is 6.64. The average molecular weight is 406 g/mol. The number of carbonyl (C=O) groups excluding carboxylic acids is 1. The van der Waals surface area contributed by atoms with E-state index < -0.39 is 16.0 Å². The van der Waals surface area contributed by atoms with Gasteiger partial charge in [0.25, 0.3) is 0 Å². The van der Waals surface area contributed by atoms with Crippen molar-refractivity contribution in [2.75, 3.05) is 18.9 Å². The Bertz CT molecular complexity index is 952. The van der Waals surface area contributed by atoms with Crippen LogP contribution in [-0.4, -0.2) is 53.9 Å². The van der Waals surface area contributed by atoms with Crippen molar-refractivity contribution in [1.29, 1.82) is 0 Å². The number of sulfonamides is 1. The molecule has 0 amide bonds. The number of benzene rings is 1. The number of piperidine rings is 1. The van der Waals surface area contributed by atoms with Crippen LogP contribution in [0.5, 0.6) is 6.01 Å². The van der Waals surface area contributed by atoms with E-state index in [0.717, 1.165) is 25.8 Å². The van der Waals surface area contributed by atoms with E-state index in [2.05, 4.69) is 20.3 Å². The molecule has 2 heterocycles. The Morgan fingerprint density at radius 1 is 1.36 bits per heavy atom. The number of hydrogen-bond donors (Lipinski definition) is 2. The maximum atomic E-state index is 12.4. The van der Waals surface area contributed by atoms with Gasteiger partial charge in [-0.2, -0.15) is 9.97 Å². The fourth-order valence-electron chi connectivity index (χ4n) is 3.02. The molecule has 10 nitrogen and oxygen atoms in total. The van der Waals surface area contributed by atoms with Gasteiger partial charge in [-0.25, -0.2) is 23.3 Å². The van der Waals surface area contributed by atoms with Crippen LogP contribution in [0, 0.1) is 0 Å². The lowest BCUT2D eigenvalue weighted by molar-refractivity contribution is -0.141. The molecule has 0 radical (unpaired) electrons. The lowest BCUT2D eigenvalue weighted by Gasteiger charge is -2.29. The SMILES string of the molecule is CN1CCCC[C@@H]1C(=O)Oc1ncnc(Nc2cccc(CS(N)(=O)=O)c2)n1. The number of aromatic nitrogens is 3. The molecule has 1 atom stereocenters.